The van der Waals surface area contributed by atoms with Gasteiger partial charge in [-0.05, 0) is 29.8 Å². The zero-order valence-corrected chi connectivity index (χ0v) is 14.7. The molecule has 4 heteroatoms. The number of nitrogens with zero attached hydrogens (tertiary/aromatic N) is 2. The van der Waals surface area contributed by atoms with Gasteiger partial charge in [-0.25, -0.2) is 0 Å². The second-order valence-electron chi connectivity index (χ2n) is 6.85. The molecule has 0 bridgehead atoms. The van der Waals surface area contributed by atoms with Gasteiger partial charge in [0.2, 0.25) is 0 Å². The monoisotopic (exact) mass is 335 g/mol. The molecule has 1 N–H and O–H groups in total. The first-order chi connectivity index (χ1) is 12.3. The van der Waals surface area contributed by atoms with Gasteiger partial charge in [-0.1, -0.05) is 48.5 Å². The molecule has 4 nitrogen and oxygen atoms in total. The molecule has 130 valence electrons. The molecule has 0 aliphatic carbocycles. The summed E-state index contributed by atoms with van der Waals surface area (Å²) in [6, 6.07) is 17.5. The second-order valence-corrected chi connectivity index (χ2v) is 6.85. The first-order valence-electron chi connectivity index (χ1n) is 8.97. The van der Waals surface area contributed by atoms with Gasteiger partial charge in [-0.15, -0.1) is 0 Å². The molecule has 4 rings (SSSR count). The maximum absolute atomic E-state index is 5.26. The van der Waals surface area contributed by atoms with Crippen LogP contribution in [0.2, 0.25) is 0 Å². The molecule has 2 aromatic carbocycles. The number of likely N-dealkylation sites (N-methyl/N-ethyl adjacent to an activating group) is 1. The van der Waals surface area contributed by atoms with Crippen molar-refractivity contribution in [1.29, 1.82) is 0 Å². The number of hydrogen-bond donors (Lipinski definition) is 1. The highest BCUT2D eigenvalue weighted by Gasteiger charge is 2.15. The van der Waals surface area contributed by atoms with Crippen molar-refractivity contribution < 1.29 is 4.84 Å². The van der Waals surface area contributed by atoms with Crippen molar-refractivity contribution in [3.63, 3.8) is 0 Å². The van der Waals surface area contributed by atoms with E-state index in [9.17, 15) is 0 Å². The molecular formula is C21H25N3O. The predicted octanol–water partition coefficient (Wildman–Crippen LogP) is 2.98. The Kier molecular flexibility index (Phi) is 4.83. The van der Waals surface area contributed by atoms with Crippen LogP contribution in [0.4, 0.5) is 0 Å². The van der Waals surface area contributed by atoms with Gasteiger partial charge in [0.1, 0.15) is 0 Å². The molecule has 0 amide bonds. The minimum atomic E-state index is 0.619. The molecule has 0 aromatic heterocycles. The summed E-state index contributed by atoms with van der Waals surface area (Å²) in [7, 11) is 2.20. The van der Waals surface area contributed by atoms with Crippen LogP contribution in [0.25, 0.3) is 16.8 Å². The third-order valence-corrected chi connectivity index (χ3v) is 5.04. The van der Waals surface area contributed by atoms with E-state index in [1.807, 2.05) is 0 Å². The molecule has 25 heavy (non-hydrogen) atoms. The van der Waals surface area contributed by atoms with Gasteiger partial charge in [0, 0.05) is 38.3 Å². The lowest BCUT2D eigenvalue weighted by Gasteiger charge is -2.32. The van der Waals surface area contributed by atoms with Gasteiger partial charge in [-0.3, -0.25) is 15.2 Å². The summed E-state index contributed by atoms with van der Waals surface area (Å²) in [5, 5.41) is 0. The molecule has 2 aliphatic rings. The predicted molar refractivity (Wildman–Crippen MR) is 102 cm³/mol. The standard InChI is InChI=1S/C21H25N3O/c1-23-11-13-24(14-12-23)16-17-6-8-18(9-7-17)19-4-2-3-5-20(19)21-10-15-25-22-21/h2-10,22H,11-16H2,1H3. The molecule has 1 fully saturated rings. The van der Waals surface area contributed by atoms with E-state index >= 15 is 0 Å². The maximum Gasteiger partial charge on any atom is 0.0951 e. The Hall–Kier alpha value is -2.14. The molecule has 2 heterocycles. The number of piperazine rings is 1. The Labute approximate surface area is 149 Å². The molecule has 0 unspecified atom stereocenters. The largest absolute Gasteiger partial charge is 0.304 e. The quantitative estimate of drug-likeness (QED) is 0.930. The summed E-state index contributed by atoms with van der Waals surface area (Å²) < 4.78 is 0. The fourth-order valence-corrected chi connectivity index (χ4v) is 3.47. The van der Waals surface area contributed by atoms with Gasteiger partial charge >= 0.3 is 0 Å². The number of benzene rings is 2. The number of hydrogen-bond acceptors (Lipinski definition) is 4. The van der Waals surface area contributed by atoms with Crippen LogP contribution >= 0.6 is 0 Å². The molecule has 0 radical (unpaired) electrons. The van der Waals surface area contributed by atoms with Crippen LogP contribution in [0.3, 0.4) is 0 Å². The van der Waals surface area contributed by atoms with Crippen molar-refractivity contribution in [3.8, 4) is 11.1 Å². The zero-order valence-electron chi connectivity index (χ0n) is 14.7. The summed E-state index contributed by atoms with van der Waals surface area (Å²) >= 11 is 0. The Bertz CT molecular complexity index is 746. The van der Waals surface area contributed by atoms with Crippen LogP contribution in [0.15, 0.2) is 54.6 Å². The SMILES string of the molecule is CN1CCN(Cc2ccc(-c3ccccc3C3=CCON3)cc2)CC1. The van der Waals surface area contributed by atoms with Crippen LogP contribution in [-0.4, -0.2) is 49.6 Å². The average molecular weight is 335 g/mol. The molecule has 2 aliphatic heterocycles. The molecule has 0 spiro atoms. The zero-order chi connectivity index (χ0) is 17.1. The van der Waals surface area contributed by atoms with E-state index in [2.05, 4.69) is 76.9 Å². The lowest BCUT2D eigenvalue weighted by molar-refractivity contribution is 0.121. The third-order valence-electron chi connectivity index (χ3n) is 5.04. The van der Waals surface area contributed by atoms with Crippen molar-refractivity contribution in [2.75, 3.05) is 39.8 Å². The van der Waals surface area contributed by atoms with Gasteiger partial charge in [0.15, 0.2) is 0 Å². The fourth-order valence-electron chi connectivity index (χ4n) is 3.47. The highest BCUT2D eigenvalue weighted by molar-refractivity contribution is 5.80. The maximum atomic E-state index is 5.26. The first kappa shape index (κ1) is 16.3. The number of hydroxylamine groups is 1. The van der Waals surface area contributed by atoms with Crippen LogP contribution in [-0.2, 0) is 11.4 Å². The van der Waals surface area contributed by atoms with Crippen molar-refractivity contribution in [2.45, 2.75) is 6.54 Å². The van der Waals surface area contributed by atoms with Gasteiger partial charge < -0.3 is 4.90 Å². The normalized spacial score (nSPS) is 18.8. The number of rotatable bonds is 4. The Morgan fingerprint density at radius 3 is 2.32 bits per heavy atom. The minimum Gasteiger partial charge on any atom is -0.304 e. The second kappa shape index (κ2) is 7.40. The lowest BCUT2D eigenvalue weighted by atomic mass is 9.97. The smallest absolute Gasteiger partial charge is 0.0951 e. The van der Waals surface area contributed by atoms with Crippen LogP contribution < -0.4 is 5.48 Å². The summed E-state index contributed by atoms with van der Waals surface area (Å²) in [5.74, 6) is 0. The molecular weight excluding hydrogens is 310 g/mol. The number of nitrogens with one attached hydrogen (secondary N) is 1. The minimum absolute atomic E-state index is 0.619. The molecule has 0 saturated carbocycles. The Morgan fingerprint density at radius 2 is 1.64 bits per heavy atom. The van der Waals surface area contributed by atoms with Gasteiger partial charge in [-0.2, -0.15) is 0 Å². The molecule has 1 saturated heterocycles. The van der Waals surface area contributed by atoms with Gasteiger partial charge in [0.25, 0.3) is 0 Å². The topological polar surface area (TPSA) is 27.7 Å². The highest BCUT2D eigenvalue weighted by Crippen LogP contribution is 2.29. The van der Waals surface area contributed by atoms with E-state index in [-0.39, 0.29) is 0 Å². The van der Waals surface area contributed by atoms with E-state index in [1.54, 1.807) is 0 Å². The van der Waals surface area contributed by atoms with E-state index in [0.29, 0.717) is 6.61 Å². The summed E-state index contributed by atoms with van der Waals surface area (Å²) in [6.07, 6.45) is 2.08. The Balaban J connectivity index is 1.51. The average Bonchev–Trinajstić information content (AvgIpc) is 3.19. The summed E-state index contributed by atoms with van der Waals surface area (Å²) in [4.78, 5) is 10.2. The van der Waals surface area contributed by atoms with E-state index in [4.69, 9.17) is 4.84 Å². The van der Waals surface area contributed by atoms with Crippen LogP contribution in [0.1, 0.15) is 11.1 Å². The van der Waals surface area contributed by atoms with Crippen LogP contribution in [0, 0.1) is 0 Å². The molecule has 0 atom stereocenters. The van der Waals surface area contributed by atoms with Crippen molar-refractivity contribution in [3.05, 3.63) is 65.7 Å². The first-order valence-corrected chi connectivity index (χ1v) is 8.97. The summed E-state index contributed by atoms with van der Waals surface area (Å²) in [6.45, 7) is 6.29. The van der Waals surface area contributed by atoms with Crippen molar-refractivity contribution in [2.24, 2.45) is 0 Å². The van der Waals surface area contributed by atoms with E-state index in [0.717, 1.165) is 38.4 Å². The van der Waals surface area contributed by atoms with Gasteiger partial charge in [0.05, 0.1) is 12.3 Å². The third kappa shape index (κ3) is 3.76. The van der Waals surface area contributed by atoms with Crippen LogP contribution in [0.5, 0.6) is 0 Å². The van der Waals surface area contributed by atoms with Crippen molar-refractivity contribution >= 4 is 5.70 Å². The van der Waals surface area contributed by atoms with E-state index < -0.39 is 0 Å². The van der Waals surface area contributed by atoms with Crippen molar-refractivity contribution in [1.82, 2.24) is 15.3 Å². The molecule has 2 aromatic rings. The summed E-state index contributed by atoms with van der Waals surface area (Å²) in [5.41, 5.74) is 9.10. The Morgan fingerprint density at radius 1 is 0.920 bits per heavy atom. The highest BCUT2D eigenvalue weighted by atomic mass is 16.6. The lowest BCUT2D eigenvalue weighted by Crippen LogP contribution is -2.43. The van der Waals surface area contributed by atoms with E-state index in [1.165, 1.54) is 22.3 Å². The fraction of sp³-hybridized carbons (Fsp3) is 0.333.